The Morgan fingerprint density at radius 2 is 2.33 bits per heavy atom. The van der Waals surface area contributed by atoms with Crippen LogP contribution in [0.25, 0.3) is 0 Å². The van der Waals surface area contributed by atoms with Crippen molar-refractivity contribution in [3.8, 4) is 0 Å². The van der Waals surface area contributed by atoms with Crippen LogP contribution in [0, 0.1) is 15.9 Å². The van der Waals surface area contributed by atoms with Crippen LogP contribution in [0.15, 0.2) is 18.2 Å². The zero-order valence-corrected chi connectivity index (χ0v) is 9.48. The SMILES string of the molecule is O=C1CCC(CNc2cccc(F)c2[N+](=O)[O-])N1. The maximum absolute atomic E-state index is 13.3. The second-order valence-electron chi connectivity index (χ2n) is 4.08. The molecule has 7 heteroatoms. The van der Waals surface area contributed by atoms with Crippen LogP contribution in [-0.2, 0) is 4.79 Å². The first-order chi connectivity index (χ1) is 8.58. The smallest absolute Gasteiger partial charge is 0.327 e. The lowest BCUT2D eigenvalue weighted by Gasteiger charge is -2.12. The topological polar surface area (TPSA) is 84.3 Å². The summed E-state index contributed by atoms with van der Waals surface area (Å²) in [5, 5.41) is 16.3. The van der Waals surface area contributed by atoms with Crippen LogP contribution in [0.2, 0.25) is 0 Å². The molecule has 6 nitrogen and oxygen atoms in total. The maximum atomic E-state index is 13.3. The molecule has 2 N–H and O–H groups in total. The fraction of sp³-hybridized carbons (Fsp3) is 0.364. The molecule has 2 rings (SSSR count). The van der Waals surface area contributed by atoms with Crippen molar-refractivity contribution in [2.24, 2.45) is 0 Å². The number of nitro benzene ring substituents is 1. The Morgan fingerprint density at radius 1 is 1.56 bits per heavy atom. The lowest BCUT2D eigenvalue weighted by Crippen LogP contribution is -2.31. The van der Waals surface area contributed by atoms with Crippen LogP contribution < -0.4 is 10.6 Å². The molecule has 1 atom stereocenters. The number of hydrogen-bond acceptors (Lipinski definition) is 4. The molecule has 1 aromatic rings. The Balaban J connectivity index is 2.07. The Bertz CT molecular complexity index is 492. The van der Waals surface area contributed by atoms with E-state index in [1.807, 2.05) is 0 Å². The van der Waals surface area contributed by atoms with Gasteiger partial charge in [-0.25, -0.2) is 0 Å². The van der Waals surface area contributed by atoms with E-state index in [1.165, 1.54) is 12.1 Å². The highest BCUT2D eigenvalue weighted by Crippen LogP contribution is 2.27. The van der Waals surface area contributed by atoms with Gasteiger partial charge in [0.1, 0.15) is 5.69 Å². The Labute approximate surface area is 102 Å². The Kier molecular flexibility index (Phi) is 3.40. The Hall–Kier alpha value is -2.18. The molecule has 0 radical (unpaired) electrons. The number of nitrogens with zero attached hydrogens (tertiary/aromatic N) is 1. The van der Waals surface area contributed by atoms with Gasteiger partial charge in [-0.15, -0.1) is 0 Å². The van der Waals surface area contributed by atoms with Crippen molar-refractivity contribution in [1.29, 1.82) is 0 Å². The molecule has 0 aliphatic carbocycles. The number of rotatable bonds is 4. The van der Waals surface area contributed by atoms with E-state index in [-0.39, 0.29) is 17.6 Å². The van der Waals surface area contributed by atoms with Gasteiger partial charge in [-0.05, 0) is 18.6 Å². The third-order valence-corrected chi connectivity index (χ3v) is 2.79. The lowest BCUT2D eigenvalue weighted by molar-refractivity contribution is -0.386. The number of hydrogen-bond donors (Lipinski definition) is 2. The average Bonchev–Trinajstić information content (AvgIpc) is 2.72. The van der Waals surface area contributed by atoms with Crippen molar-refractivity contribution in [3.05, 3.63) is 34.1 Å². The summed E-state index contributed by atoms with van der Waals surface area (Å²) in [4.78, 5) is 21.0. The van der Waals surface area contributed by atoms with Crippen LogP contribution in [0.3, 0.4) is 0 Å². The fourth-order valence-corrected chi connectivity index (χ4v) is 1.91. The first-order valence-corrected chi connectivity index (χ1v) is 5.54. The van der Waals surface area contributed by atoms with Gasteiger partial charge in [0.05, 0.1) is 4.92 Å². The van der Waals surface area contributed by atoms with E-state index in [9.17, 15) is 19.3 Å². The number of carbonyl (C=O) groups is 1. The zero-order chi connectivity index (χ0) is 13.1. The van der Waals surface area contributed by atoms with E-state index in [2.05, 4.69) is 10.6 Å². The van der Waals surface area contributed by atoms with Crippen molar-refractivity contribution < 1.29 is 14.1 Å². The molecule has 1 saturated heterocycles. The van der Waals surface area contributed by atoms with Crippen LogP contribution in [-0.4, -0.2) is 23.4 Å². The maximum Gasteiger partial charge on any atom is 0.327 e. The summed E-state index contributed by atoms with van der Waals surface area (Å²) < 4.78 is 13.3. The third kappa shape index (κ3) is 2.55. The van der Waals surface area contributed by atoms with Gasteiger partial charge in [-0.1, -0.05) is 6.07 Å². The standard InChI is InChI=1S/C11H12FN3O3/c12-8-2-1-3-9(11(8)15(17)18)13-6-7-4-5-10(16)14-7/h1-3,7,13H,4-6H2,(H,14,16). The minimum Gasteiger partial charge on any atom is -0.377 e. The van der Waals surface area contributed by atoms with Crippen molar-refractivity contribution in [1.82, 2.24) is 5.32 Å². The van der Waals surface area contributed by atoms with Gasteiger partial charge >= 0.3 is 5.69 Å². The predicted octanol–water partition coefficient (Wildman–Crippen LogP) is 1.42. The van der Waals surface area contributed by atoms with Crippen LogP contribution >= 0.6 is 0 Å². The summed E-state index contributed by atoms with van der Waals surface area (Å²) in [6.07, 6.45) is 1.13. The summed E-state index contributed by atoms with van der Waals surface area (Å²) in [7, 11) is 0. The summed E-state index contributed by atoms with van der Waals surface area (Å²) in [5.74, 6) is -0.906. The van der Waals surface area contributed by atoms with Gasteiger partial charge < -0.3 is 10.6 Å². The first kappa shape index (κ1) is 12.3. The number of carbonyl (C=O) groups excluding carboxylic acids is 1. The van der Waals surface area contributed by atoms with Gasteiger partial charge in [0.2, 0.25) is 11.7 Å². The van der Waals surface area contributed by atoms with Gasteiger partial charge in [0.15, 0.2) is 0 Å². The third-order valence-electron chi connectivity index (χ3n) is 2.79. The summed E-state index contributed by atoms with van der Waals surface area (Å²) in [5.41, 5.74) is -0.442. The molecular weight excluding hydrogens is 241 g/mol. The van der Waals surface area contributed by atoms with Gasteiger partial charge in [-0.3, -0.25) is 14.9 Å². The van der Waals surface area contributed by atoms with E-state index in [0.717, 1.165) is 6.07 Å². The van der Waals surface area contributed by atoms with E-state index < -0.39 is 16.4 Å². The fourth-order valence-electron chi connectivity index (χ4n) is 1.91. The summed E-state index contributed by atoms with van der Waals surface area (Å²) in [6.45, 7) is 0.343. The van der Waals surface area contributed by atoms with Crippen molar-refractivity contribution >= 4 is 17.3 Å². The highest BCUT2D eigenvalue weighted by Gasteiger charge is 2.23. The van der Waals surface area contributed by atoms with Gasteiger partial charge in [-0.2, -0.15) is 4.39 Å². The minimum atomic E-state index is -0.875. The van der Waals surface area contributed by atoms with E-state index in [1.54, 1.807) is 0 Å². The lowest BCUT2D eigenvalue weighted by atomic mass is 10.2. The second kappa shape index (κ2) is 4.99. The zero-order valence-electron chi connectivity index (χ0n) is 9.48. The molecule has 18 heavy (non-hydrogen) atoms. The van der Waals surface area contributed by atoms with Crippen molar-refractivity contribution in [2.45, 2.75) is 18.9 Å². The first-order valence-electron chi connectivity index (χ1n) is 5.54. The number of nitrogens with one attached hydrogen (secondary N) is 2. The van der Waals surface area contributed by atoms with E-state index >= 15 is 0 Å². The van der Waals surface area contributed by atoms with Gasteiger partial charge in [0, 0.05) is 19.0 Å². The molecule has 0 spiro atoms. The summed E-state index contributed by atoms with van der Waals surface area (Å²) in [6, 6.07) is 3.82. The van der Waals surface area contributed by atoms with E-state index in [0.29, 0.717) is 19.4 Å². The van der Waals surface area contributed by atoms with Crippen LogP contribution in [0.5, 0.6) is 0 Å². The predicted molar refractivity (Wildman–Crippen MR) is 62.7 cm³/mol. The number of amides is 1. The highest BCUT2D eigenvalue weighted by molar-refractivity contribution is 5.78. The van der Waals surface area contributed by atoms with Crippen LogP contribution in [0.1, 0.15) is 12.8 Å². The van der Waals surface area contributed by atoms with Crippen LogP contribution in [0.4, 0.5) is 15.8 Å². The molecule has 0 saturated carbocycles. The molecule has 1 aliphatic heterocycles. The number of anilines is 1. The molecule has 1 amide bonds. The van der Waals surface area contributed by atoms with Gasteiger partial charge in [0.25, 0.3) is 0 Å². The molecule has 96 valence electrons. The van der Waals surface area contributed by atoms with Crippen molar-refractivity contribution in [2.75, 3.05) is 11.9 Å². The molecular formula is C11H12FN3O3. The molecule has 1 aliphatic rings. The molecule has 1 unspecified atom stereocenters. The number of benzene rings is 1. The van der Waals surface area contributed by atoms with E-state index in [4.69, 9.17) is 0 Å². The average molecular weight is 253 g/mol. The van der Waals surface area contributed by atoms with Crippen molar-refractivity contribution in [3.63, 3.8) is 0 Å². The summed E-state index contributed by atoms with van der Waals surface area (Å²) >= 11 is 0. The number of nitro groups is 1. The Morgan fingerprint density at radius 3 is 2.94 bits per heavy atom. The second-order valence-corrected chi connectivity index (χ2v) is 4.08. The largest absolute Gasteiger partial charge is 0.377 e. The molecule has 1 heterocycles. The quantitative estimate of drug-likeness (QED) is 0.628. The molecule has 0 bridgehead atoms. The highest BCUT2D eigenvalue weighted by atomic mass is 19.1. The number of para-hydroxylation sites is 1. The normalized spacial score (nSPS) is 18.5. The molecule has 0 aromatic heterocycles. The number of halogens is 1. The molecule has 1 aromatic carbocycles. The minimum absolute atomic E-state index is 0.0319. The monoisotopic (exact) mass is 253 g/mol. The molecule has 1 fully saturated rings.